The molecule has 0 radical (unpaired) electrons. The summed E-state index contributed by atoms with van der Waals surface area (Å²) in [5, 5.41) is 15.8. The molecule has 0 bridgehead atoms. The molecule has 1 amide bonds. The van der Waals surface area contributed by atoms with Gasteiger partial charge in [-0.2, -0.15) is 4.57 Å². The molecular weight excluding hydrogens is 496 g/mol. The predicted molar refractivity (Wildman–Crippen MR) is 144 cm³/mol. The molecule has 1 aromatic rings. The number of carboxylic acid groups (broad SMARTS) is 2. The minimum absolute atomic E-state index is 0.0967. The van der Waals surface area contributed by atoms with Crippen LogP contribution in [0.4, 0.5) is 0 Å². The topological polar surface area (TPSA) is 166 Å². The fourth-order valence-electron chi connectivity index (χ4n) is 2.74. The van der Waals surface area contributed by atoms with E-state index >= 15 is 0 Å². The number of carbonyl (C=O) groups is 4. The lowest BCUT2D eigenvalue weighted by Crippen LogP contribution is -2.40. The Balaban J connectivity index is -0.000000592. The van der Waals surface area contributed by atoms with E-state index in [9.17, 15) is 19.2 Å². The first-order valence-corrected chi connectivity index (χ1v) is 13.0. The minimum atomic E-state index is -0.711. The molecule has 11 heteroatoms. The molecule has 1 aliphatic heterocycles. The summed E-state index contributed by atoms with van der Waals surface area (Å²) in [6.07, 6.45) is 8.15. The van der Waals surface area contributed by atoms with Crippen LogP contribution < -0.4 is 10.3 Å². The Morgan fingerprint density at radius 2 is 1.47 bits per heavy atom. The third-order valence-electron chi connectivity index (χ3n) is 4.34. The Hall–Kier alpha value is -3.05. The highest BCUT2D eigenvalue weighted by molar-refractivity contribution is 5.92. The van der Waals surface area contributed by atoms with Crippen molar-refractivity contribution in [3.8, 4) is 0 Å². The molecule has 1 aromatic heterocycles. The molecule has 11 nitrogen and oxygen atoms in total. The zero-order chi connectivity index (χ0) is 29.9. The molecule has 1 saturated heterocycles. The SMILES string of the molecule is CC.CCCC(=O)O.CCCC(=O)O.CCCC(=O)OC[C@@H]1CC[C@H]([n+]2cccc(C(N)=O)c2)O1.COC. The highest BCUT2D eigenvalue weighted by atomic mass is 16.6. The van der Waals surface area contributed by atoms with Crippen molar-refractivity contribution < 1.29 is 48.2 Å². The summed E-state index contributed by atoms with van der Waals surface area (Å²) in [5.74, 6) is -2.07. The maximum absolute atomic E-state index is 11.3. The van der Waals surface area contributed by atoms with Crippen molar-refractivity contribution in [3.05, 3.63) is 30.1 Å². The summed E-state index contributed by atoms with van der Waals surface area (Å²) in [4.78, 5) is 41.7. The number of hydrogen-bond donors (Lipinski definition) is 3. The van der Waals surface area contributed by atoms with E-state index in [0.29, 0.717) is 24.8 Å². The van der Waals surface area contributed by atoms with Gasteiger partial charge in [0.2, 0.25) is 0 Å². The Kier molecular flexibility index (Phi) is 28.0. The van der Waals surface area contributed by atoms with Crippen LogP contribution in [0.15, 0.2) is 24.5 Å². The number of carbonyl (C=O) groups excluding carboxylic acids is 2. The summed E-state index contributed by atoms with van der Waals surface area (Å²) < 4.78 is 17.1. The number of pyridine rings is 1. The van der Waals surface area contributed by atoms with Crippen LogP contribution in [0.1, 0.15) is 103 Å². The second-order valence-electron chi connectivity index (χ2n) is 7.82. The van der Waals surface area contributed by atoms with Gasteiger partial charge < -0.3 is 30.2 Å². The van der Waals surface area contributed by atoms with Crippen molar-refractivity contribution in [2.45, 2.75) is 98.3 Å². The molecule has 1 fully saturated rings. The van der Waals surface area contributed by atoms with Crippen LogP contribution in [0.25, 0.3) is 0 Å². The van der Waals surface area contributed by atoms with Crippen LogP contribution in [-0.4, -0.2) is 61.0 Å². The number of esters is 1. The summed E-state index contributed by atoms with van der Waals surface area (Å²) in [7, 11) is 3.25. The number of aromatic nitrogens is 1. The van der Waals surface area contributed by atoms with Gasteiger partial charge in [0.25, 0.3) is 12.1 Å². The molecule has 2 atom stereocenters. The van der Waals surface area contributed by atoms with Gasteiger partial charge in [0.1, 0.15) is 12.2 Å². The van der Waals surface area contributed by atoms with Crippen molar-refractivity contribution in [1.82, 2.24) is 0 Å². The summed E-state index contributed by atoms with van der Waals surface area (Å²) in [6.45, 7) is 9.90. The Morgan fingerprint density at radius 1 is 0.974 bits per heavy atom. The first-order chi connectivity index (χ1) is 18.1. The molecule has 0 spiro atoms. The van der Waals surface area contributed by atoms with E-state index < -0.39 is 17.8 Å². The largest absolute Gasteiger partial charge is 0.481 e. The minimum Gasteiger partial charge on any atom is -0.481 e. The molecule has 1 aliphatic rings. The maximum Gasteiger partial charge on any atom is 0.305 e. The highest BCUT2D eigenvalue weighted by Gasteiger charge is 2.32. The van der Waals surface area contributed by atoms with E-state index in [-0.39, 0.29) is 24.9 Å². The zero-order valence-corrected chi connectivity index (χ0v) is 24.1. The standard InChI is InChI=1S/C15H20N2O4.2C4H8O2.C2H6O.C2H6/c1-2-4-14(18)20-10-12-6-7-13(21-12)17-8-3-5-11(9-17)15(16)19;2*1-2-3-4(5)6;1-3-2;1-2/h3,5,8-9,12-13H,2,4,6-7,10H2,1H3,(H-,16,19);2*2-3H2,1H3,(H,5,6);1-2H3;1-2H3/p+1/t12-,13+;;;;/m0..../s1. The van der Waals surface area contributed by atoms with Crippen LogP contribution >= 0.6 is 0 Å². The van der Waals surface area contributed by atoms with Crippen LogP contribution in [0.3, 0.4) is 0 Å². The quantitative estimate of drug-likeness (QED) is 0.289. The monoisotopic (exact) mass is 545 g/mol. The van der Waals surface area contributed by atoms with E-state index in [1.54, 1.807) is 32.5 Å². The van der Waals surface area contributed by atoms with Gasteiger partial charge in [0.15, 0.2) is 12.4 Å². The van der Waals surface area contributed by atoms with Gasteiger partial charge in [0.05, 0.1) is 6.10 Å². The average molecular weight is 546 g/mol. The number of rotatable bonds is 10. The van der Waals surface area contributed by atoms with E-state index in [2.05, 4.69) is 4.74 Å². The molecular formula is C27H49N2O9+. The van der Waals surface area contributed by atoms with Gasteiger partial charge in [-0.3, -0.25) is 19.2 Å². The van der Waals surface area contributed by atoms with Gasteiger partial charge in [-0.15, -0.1) is 0 Å². The first kappa shape index (κ1) is 39.5. The third kappa shape index (κ3) is 23.4. The van der Waals surface area contributed by atoms with Crippen molar-refractivity contribution in [1.29, 1.82) is 0 Å². The van der Waals surface area contributed by atoms with E-state index in [0.717, 1.165) is 32.1 Å². The molecule has 38 heavy (non-hydrogen) atoms. The number of methoxy groups -OCH3 is 1. The van der Waals surface area contributed by atoms with Gasteiger partial charge in [0, 0.05) is 46.0 Å². The van der Waals surface area contributed by atoms with Crippen molar-refractivity contribution in [2.75, 3.05) is 20.8 Å². The Morgan fingerprint density at radius 3 is 1.87 bits per heavy atom. The lowest BCUT2D eigenvalue weighted by atomic mass is 10.2. The fourth-order valence-corrected chi connectivity index (χ4v) is 2.74. The number of primary amides is 1. The van der Waals surface area contributed by atoms with E-state index in [1.165, 1.54) is 0 Å². The Bertz CT molecular complexity index is 757. The first-order valence-electron chi connectivity index (χ1n) is 13.0. The summed E-state index contributed by atoms with van der Waals surface area (Å²) in [5.41, 5.74) is 5.71. The summed E-state index contributed by atoms with van der Waals surface area (Å²) >= 11 is 0. The second kappa shape index (κ2) is 27.0. The van der Waals surface area contributed by atoms with Gasteiger partial charge in [-0.25, -0.2) is 0 Å². The lowest BCUT2D eigenvalue weighted by molar-refractivity contribution is -0.759. The predicted octanol–water partition coefficient (Wildman–Crippen LogP) is 4.12. The second-order valence-corrected chi connectivity index (χ2v) is 7.82. The van der Waals surface area contributed by atoms with Crippen LogP contribution in [0, 0.1) is 0 Å². The average Bonchev–Trinajstić information content (AvgIpc) is 3.35. The number of ether oxygens (including phenoxy) is 3. The van der Waals surface area contributed by atoms with Gasteiger partial charge in [-0.1, -0.05) is 34.6 Å². The molecule has 0 unspecified atom stereocenters. The Labute approximate surface area is 227 Å². The maximum atomic E-state index is 11.3. The lowest BCUT2D eigenvalue weighted by Gasteiger charge is -2.11. The number of nitrogens with two attached hydrogens (primary N) is 1. The molecule has 220 valence electrons. The van der Waals surface area contributed by atoms with Gasteiger partial charge in [-0.05, 0) is 31.7 Å². The van der Waals surface area contributed by atoms with E-state index in [4.69, 9.17) is 25.4 Å². The van der Waals surface area contributed by atoms with Crippen LogP contribution in [0.2, 0.25) is 0 Å². The third-order valence-corrected chi connectivity index (χ3v) is 4.34. The smallest absolute Gasteiger partial charge is 0.305 e. The number of amides is 1. The van der Waals surface area contributed by atoms with Crippen LogP contribution in [-0.2, 0) is 28.6 Å². The number of hydrogen-bond acceptors (Lipinski definition) is 7. The zero-order valence-electron chi connectivity index (χ0n) is 24.1. The number of nitrogens with zero attached hydrogens (tertiary/aromatic N) is 1. The van der Waals surface area contributed by atoms with Crippen molar-refractivity contribution >= 4 is 23.8 Å². The number of aliphatic carboxylic acids is 2. The fraction of sp³-hybridized carbons (Fsp3) is 0.667. The van der Waals surface area contributed by atoms with E-state index in [1.807, 2.05) is 45.4 Å². The van der Waals surface area contributed by atoms with Gasteiger partial charge >= 0.3 is 17.9 Å². The molecule has 4 N–H and O–H groups in total. The normalized spacial score (nSPS) is 14.9. The molecule has 0 aromatic carbocycles. The summed E-state index contributed by atoms with van der Waals surface area (Å²) in [6, 6.07) is 3.43. The molecule has 2 rings (SSSR count). The van der Waals surface area contributed by atoms with Crippen molar-refractivity contribution in [3.63, 3.8) is 0 Å². The van der Waals surface area contributed by atoms with Crippen molar-refractivity contribution in [2.24, 2.45) is 5.73 Å². The number of carboxylic acids is 2. The molecule has 0 saturated carbocycles. The van der Waals surface area contributed by atoms with Crippen LogP contribution in [0.5, 0.6) is 0 Å². The molecule has 2 heterocycles. The molecule has 0 aliphatic carbocycles. The highest BCUT2D eigenvalue weighted by Crippen LogP contribution is 2.24.